The normalized spacial score (nSPS) is 10.0. The summed E-state index contributed by atoms with van der Waals surface area (Å²) < 4.78 is 0. The van der Waals surface area contributed by atoms with Gasteiger partial charge >= 0.3 is 5.97 Å². The summed E-state index contributed by atoms with van der Waals surface area (Å²) >= 11 is 0. The fourth-order valence-corrected chi connectivity index (χ4v) is 1.52. The predicted molar refractivity (Wildman–Crippen MR) is 58.8 cm³/mol. The van der Waals surface area contributed by atoms with Gasteiger partial charge in [-0.25, -0.2) is 0 Å². The van der Waals surface area contributed by atoms with Crippen molar-refractivity contribution in [2.75, 3.05) is 0 Å². The van der Waals surface area contributed by atoms with Crippen LogP contribution >= 0.6 is 0 Å². The standard InChI is InChI=1S/C12H10N2O2/c15-12(16)8-11-10(2-1-5-14-11)9-3-6-13-7-4-9/h1-7H,8H2,(H,15,16). The molecule has 0 aromatic carbocycles. The van der Waals surface area contributed by atoms with Crippen LogP contribution in [-0.4, -0.2) is 21.0 Å². The minimum Gasteiger partial charge on any atom is -0.481 e. The molecular weight excluding hydrogens is 204 g/mol. The summed E-state index contributed by atoms with van der Waals surface area (Å²) in [6, 6.07) is 7.33. The molecule has 0 unspecified atom stereocenters. The van der Waals surface area contributed by atoms with E-state index in [0.29, 0.717) is 5.69 Å². The molecule has 0 amide bonds. The lowest BCUT2D eigenvalue weighted by molar-refractivity contribution is -0.136. The molecule has 0 fully saturated rings. The quantitative estimate of drug-likeness (QED) is 0.845. The molecule has 0 spiro atoms. The SMILES string of the molecule is O=C(O)Cc1ncccc1-c1ccncc1. The van der Waals surface area contributed by atoms with Crippen LogP contribution in [0.2, 0.25) is 0 Å². The summed E-state index contributed by atoms with van der Waals surface area (Å²) in [5.41, 5.74) is 2.34. The van der Waals surface area contributed by atoms with Crippen LogP contribution in [-0.2, 0) is 11.2 Å². The van der Waals surface area contributed by atoms with E-state index in [4.69, 9.17) is 5.11 Å². The Hall–Kier alpha value is -2.23. The van der Waals surface area contributed by atoms with E-state index in [-0.39, 0.29) is 6.42 Å². The zero-order valence-corrected chi connectivity index (χ0v) is 8.50. The zero-order chi connectivity index (χ0) is 11.4. The molecule has 0 bridgehead atoms. The third-order valence-electron chi connectivity index (χ3n) is 2.20. The van der Waals surface area contributed by atoms with E-state index in [0.717, 1.165) is 11.1 Å². The maximum Gasteiger partial charge on any atom is 0.309 e. The lowest BCUT2D eigenvalue weighted by atomic mass is 10.0. The highest BCUT2D eigenvalue weighted by atomic mass is 16.4. The summed E-state index contributed by atoms with van der Waals surface area (Å²) in [4.78, 5) is 18.7. The minimum absolute atomic E-state index is 0.0709. The van der Waals surface area contributed by atoms with E-state index in [9.17, 15) is 4.79 Å². The van der Waals surface area contributed by atoms with E-state index in [2.05, 4.69) is 9.97 Å². The van der Waals surface area contributed by atoms with E-state index >= 15 is 0 Å². The van der Waals surface area contributed by atoms with E-state index < -0.39 is 5.97 Å². The Labute approximate surface area is 92.6 Å². The van der Waals surface area contributed by atoms with Gasteiger partial charge in [0.05, 0.1) is 12.1 Å². The zero-order valence-electron chi connectivity index (χ0n) is 8.50. The molecular formula is C12H10N2O2. The van der Waals surface area contributed by atoms with Crippen molar-refractivity contribution in [3.8, 4) is 11.1 Å². The maximum absolute atomic E-state index is 10.7. The maximum atomic E-state index is 10.7. The van der Waals surface area contributed by atoms with E-state index in [1.807, 2.05) is 18.2 Å². The average molecular weight is 214 g/mol. The van der Waals surface area contributed by atoms with Gasteiger partial charge in [-0.15, -0.1) is 0 Å². The second kappa shape index (κ2) is 4.53. The molecule has 0 saturated heterocycles. The van der Waals surface area contributed by atoms with E-state index in [1.54, 1.807) is 24.7 Å². The van der Waals surface area contributed by atoms with Gasteiger partial charge in [-0.05, 0) is 23.8 Å². The van der Waals surface area contributed by atoms with Crippen LogP contribution in [0.15, 0.2) is 42.9 Å². The second-order valence-electron chi connectivity index (χ2n) is 3.30. The Kier molecular flexibility index (Phi) is 2.91. The molecule has 80 valence electrons. The van der Waals surface area contributed by atoms with Crippen molar-refractivity contribution in [2.45, 2.75) is 6.42 Å². The number of carbonyl (C=O) groups is 1. The topological polar surface area (TPSA) is 63.1 Å². The average Bonchev–Trinajstić information content (AvgIpc) is 2.30. The highest BCUT2D eigenvalue weighted by Gasteiger charge is 2.08. The summed E-state index contributed by atoms with van der Waals surface area (Å²) in [6.45, 7) is 0. The van der Waals surface area contributed by atoms with Crippen molar-refractivity contribution >= 4 is 5.97 Å². The molecule has 2 rings (SSSR count). The number of aliphatic carboxylic acids is 1. The molecule has 4 nitrogen and oxygen atoms in total. The Morgan fingerprint density at radius 3 is 2.62 bits per heavy atom. The Balaban J connectivity index is 2.44. The molecule has 1 N–H and O–H groups in total. The summed E-state index contributed by atoms with van der Waals surface area (Å²) in [5.74, 6) is -0.881. The van der Waals surface area contributed by atoms with Crippen molar-refractivity contribution in [1.82, 2.24) is 9.97 Å². The number of nitrogens with zero attached hydrogens (tertiary/aromatic N) is 2. The van der Waals surface area contributed by atoms with Crippen LogP contribution in [0.5, 0.6) is 0 Å². The van der Waals surface area contributed by atoms with Crippen molar-refractivity contribution in [3.63, 3.8) is 0 Å². The van der Waals surface area contributed by atoms with Crippen molar-refractivity contribution in [3.05, 3.63) is 48.5 Å². The number of pyridine rings is 2. The van der Waals surface area contributed by atoms with Crippen molar-refractivity contribution in [2.24, 2.45) is 0 Å². The molecule has 2 aromatic heterocycles. The highest BCUT2D eigenvalue weighted by molar-refractivity contribution is 5.75. The Morgan fingerprint density at radius 1 is 1.19 bits per heavy atom. The van der Waals surface area contributed by atoms with Gasteiger partial charge in [-0.2, -0.15) is 0 Å². The molecule has 0 radical (unpaired) electrons. The van der Waals surface area contributed by atoms with Gasteiger partial charge < -0.3 is 5.11 Å². The summed E-state index contributed by atoms with van der Waals surface area (Å²) in [5, 5.41) is 8.79. The number of carboxylic acid groups (broad SMARTS) is 1. The number of hydrogen-bond donors (Lipinski definition) is 1. The van der Waals surface area contributed by atoms with Gasteiger partial charge in [0.1, 0.15) is 0 Å². The molecule has 0 atom stereocenters. The van der Waals surface area contributed by atoms with Gasteiger partial charge in [-0.3, -0.25) is 14.8 Å². The van der Waals surface area contributed by atoms with Crippen LogP contribution in [0.4, 0.5) is 0 Å². The first-order valence-electron chi connectivity index (χ1n) is 4.83. The van der Waals surface area contributed by atoms with Gasteiger partial charge in [-0.1, -0.05) is 6.07 Å². The van der Waals surface area contributed by atoms with Crippen LogP contribution in [0.3, 0.4) is 0 Å². The number of aromatic nitrogens is 2. The largest absolute Gasteiger partial charge is 0.481 e. The van der Waals surface area contributed by atoms with Crippen LogP contribution in [0.25, 0.3) is 11.1 Å². The van der Waals surface area contributed by atoms with Crippen molar-refractivity contribution in [1.29, 1.82) is 0 Å². The van der Waals surface area contributed by atoms with Crippen LogP contribution < -0.4 is 0 Å². The third kappa shape index (κ3) is 2.23. The molecule has 0 aliphatic heterocycles. The number of carboxylic acids is 1. The number of hydrogen-bond acceptors (Lipinski definition) is 3. The first kappa shape index (κ1) is 10.3. The first-order chi connectivity index (χ1) is 7.77. The fourth-order valence-electron chi connectivity index (χ4n) is 1.52. The highest BCUT2D eigenvalue weighted by Crippen LogP contribution is 2.21. The third-order valence-corrected chi connectivity index (χ3v) is 2.20. The monoisotopic (exact) mass is 214 g/mol. The Bertz CT molecular complexity index is 497. The lowest BCUT2D eigenvalue weighted by Gasteiger charge is -2.05. The Morgan fingerprint density at radius 2 is 1.94 bits per heavy atom. The van der Waals surface area contributed by atoms with Crippen molar-refractivity contribution < 1.29 is 9.90 Å². The minimum atomic E-state index is -0.881. The van der Waals surface area contributed by atoms with E-state index in [1.165, 1.54) is 0 Å². The predicted octanol–water partition coefficient (Wildman–Crippen LogP) is 1.77. The van der Waals surface area contributed by atoms with Gasteiger partial charge in [0, 0.05) is 24.2 Å². The number of rotatable bonds is 3. The molecule has 2 heterocycles. The van der Waals surface area contributed by atoms with Crippen LogP contribution in [0, 0.1) is 0 Å². The molecule has 0 aliphatic carbocycles. The first-order valence-corrected chi connectivity index (χ1v) is 4.83. The van der Waals surface area contributed by atoms with Crippen LogP contribution in [0.1, 0.15) is 5.69 Å². The summed E-state index contributed by atoms with van der Waals surface area (Å²) in [7, 11) is 0. The molecule has 16 heavy (non-hydrogen) atoms. The summed E-state index contributed by atoms with van der Waals surface area (Å²) in [6.07, 6.45) is 4.88. The van der Waals surface area contributed by atoms with Gasteiger partial charge in [0.15, 0.2) is 0 Å². The van der Waals surface area contributed by atoms with Gasteiger partial charge in [0.25, 0.3) is 0 Å². The smallest absolute Gasteiger partial charge is 0.309 e. The second-order valence-corrected chi connectivity index (χ2v) is 3.30. The molecule has 4 heteroatoms. The molecule has 0 saturated carbocycles. The lowest BCUT2D eigenvalue weighted by Crippen LogP contribution is -2.03. The fraction of sp³-hybridized carbons (Fsp3) is 0.0833. The molecule has 2 aromatic rings. The van der Waals surface area contributed by atoms with Gasteiger partial charge in [0.2, 0.25) is 0 Å². The molecule has 0 aliphatic rings.